The highest BCUT2D eigenvalue weighted by Crippen LogP contribution is 2.37. The van der Waals surface area contributed by atoms with Gasteiger partial charge in [-0.1, -0.05) is 6.07 Å². The Hall–Kier alpha value is -2.15. The molecule has 0 unspecified atom stereocenters. The summed E-state index contributed by atoms with van der Waals surface area (Å²) in [5.41, 5.74) is 1.08. The number of pyridine rings is 1. The number of nitrogens with one attached hydrogen (secondary N) is 3. The van der Waals surface area contributed by atoms with Gasteiger partial charge in [0, 0.05) is 57.2 Å². The largest absolute Gasteiger partial charge is 0.356 e. The van der Waals surface area contributed by atoms with Gasteiger partial charge in [0.05, 0.1) is 6.04 Å². The van der Waals surface area contributed by atoms with E-state index in [0.717, 1.165) is 25.2 Å². The van der Waals surface area contributed by atoms with Gasteiger partial charge < -0.3 is 20.5 Å². The fraction of sp³-hybridized carbons (Fsp3) is 0.611. The maximum absolute atomic E-state index is 12.4. The molecule has 1 saturated heterocycles. The summed E-state index contributed by atoms with van der Waals surface area (Å²) in [6, 6.07) is 5.44. The number of piperidine rings is 1. The Morgan fingerprint density at radius 3 is 2.92 bits per heavy atom. The first-order valence-electron chi connectivity index (χ1n) is 8.99. The summed E-state index contributed by atoms with van der Waals surface area (Å²) >= 11 is 0. The Morgan fingerprint density at radius 2 is 2.12 bits per heavy atom. The summed E-state index contributed by atoms with van der Waals surface area (Å²) in [6.07, 6.45) is 2.04. The van der Waals surface area contributed by atoms with Crippen LogP contribution in [0.5, 0.6) is 0 Å². The molecule has 3 atom stereocenters. The first kappa shape index (κ1) is 17.7. The van der Waals surface area contributed by atoms with Crippen molar-refractivity contribution >= 4 is 11.8 Å². The predicted octanol–water partition coefficient (Wildman–Crippen LogP) is 0.129. The van der Waals surface area contributed by atoms with Gasteiger partial charge in [0.25, 0.3) is 5.56 Å². The Balaban J connectivity index is 1.62. The van der Waals surface area contributed by atoms with E-state index >= 15 is 0 Å². The number of fused-ring (bicyclic) bond motifs is 4. The van der Waals surface area contributed by atoms with E-state index < -0.39 is 0 Å². The van der Waals surface area contributed by atoms with Gasteiger partial charge in [-0.05, 0) is 24.8 Å². The van der Waals surface area contributed by atoms with Crippen LogP contribution >= 0.6 is 0 Å². The van der Waals surface area contributed by atoms with E-state index in [2.05, 4.69) is 16.0 Å². The van der Waals surface area contributed by atoms with Crippen molar-refractivity contribution in [3.05, 3.63) is 34.2 Å². The molecular formula is C18H26N4O3. The predicted molar refractivity (Wildman–Crippen MR) is 94.4 cm³/mol. The maximum atomic E-state index is 12.4. The maximum Gasteiger partial charge on any atom is 0.251 e. The molecule has 0 aliphatic carbocycles. The van der Waals surface area contributed by atoms with Crippen LogP contribution in [0.15, 0.2) is 23.0 Å². The highest BCUT2D eigenvalue weighted by molar-refractivity contribution is 5.76. The summed E-state index contributed by atoms with van der Waals surface area (Å²) in [5, 5.41) is 9.10. The SMILES string of the molecule is CC(=O)NCCCC(=O)NC[C@H]1[C@@H]2CNC[C@@H](C2)c2cccc(=O)n21. The van der Waals surface area contributed by atoms with E-state index in [1.54, 1.807) is 6.07 Å². The van der Waals surface area contributed by atoms with Crippen LogP contribution in [0.3, 0.4) is 0 Å². The smallest absolute Gasteiger partial charge is 0.251 e. The molecule has 2 aliphatic rings. The molecule has 3 rings (SSSR count). The van der Waals surface area contributed by atoms with Gasteiger partial charge in [-0.3, -0.25) is 14.4 Å². The Morgan fingerprint density at radius 1 is 1.28 bits per heavy atom. The van der Waals surface area contributed by atoms with E-state index in [1.165, 1.54) is 6.92 Å². The Bertz CT molecular complexity index is 700. The lowest BCUT2D eigenvalue weighted by atomic mass is 9.79. The molecule has 2 aliphatic heterocycles. The summed E-state index contributed by atoms with van der Waals surface area (Å²) in [7, 11) is 0. The van der Waals surface area contributed by atoms with Gasteiger partial charge >= 0.3 is 0 Å². The van der Waals surface area contributed by atoms with E-state index in [4.69, 9.17) is 0 Å². The molecule has 136 valence electrons. The molecule has 1 aromatic rings. The summed E-state index contributed by atoms with van der Waals surface area (Å²) in [4.78, 5) is 35.3. The minimum Gasteiger partial charge on any atom is -0.356 e. The molecule has 0 aromatic carbocycles. The Kier molecular flexibility index (Phi) is 5.53. The molecular weight excluding hydrogens is 320 g/mol. The molecule has 0 radical (unpaired) electrons. The number of aromatic nitrogens is 1. The molecule has 3 heterocycles. The summed E-state index contributed by atoms with van der Waals surface area (Å²) < 4.78 is 1.89. The van der Waals surface area contributed by atoms with Gasteiger partial charge in [-0.15, -0.1) is 0 Å². The zero-order valence-electron chi connectivity index (χ0n) is 14.6. The average Bonchev–Trinajstić information content (AvgIpc) is 2.59. The van der Waals surface area contributed by atoms with Gasteiger partial charge in [0.1, 0.15) is 0 Å². The van der Waals surface area contributed by atoms with Crippen LogP contribution < -0.4 is 21.5 Å². The molecule has 25 heavy (non-hydrogen) atoms. The number of hydrogen-bond acceptors (Lipinski definition) is 4. The number of amides is 2. The molecule has 1 aromatic heterocycles. The van der Waals surface area contributed by atoms with Crippen molar-refractivity contribution in [2.24, 2.45) is 5.92 Å². The van der Waals surface area contributed by atoms with E-state index in [1.807, 2.05) is 16.7 Å². The molecule has 0 saturated carbocycles. The van der Waals surface area contributed by atoms with Crippen LogP contribution in [0.25, 0.3) is 0 Å². The van der Waals surface area contributed by atoms with Crippen molar-refractivity contribution in [3.8, 4) is 0 Å². The van der Waals surface area contributed by atoms with Gasteiger partial charge in [-0.2, -0.15) is 0 Å². The molecule has 2 bridgehead atoms. The van der Waals surface area contributed by atoms with Crippen LogP contribution in [-0.4, -0.2) is 42.6 Å². The van der Waals surface area contributed by atoms with Crippen molar-refractivity contribution in [2.75, 3.05) is 26.2 Å². The molecule has 7 nitrogen and oxygen atoms in total. The van der Waals surface area contributed by atoms with Gasteiger partial charge in [-0.25, -0.2) is 0 Å². The molecule has 7 heteroatoms. The number of hydrogen-bond donors (Lipinski definition) is 3. The second-order valence-electron chi connectivity index (χ2n) is 6.97. The van der Waals surface area contributed by atoms with Gasteiger partial charge in [0.2, 0.25) is 11.8 Å². The monoisotopic (exact) mass is 346 g/mol. The van der Waals surface area contributed by atoms with Crippen molar-refractivity contribution in [3.63, 3.8) is 0 Å². The first-order valence-corrected chi connectivity index (χ1v) is 8.99. The van der Waals surface area contributed by atoms with Crippen molar-refractivity contribution in [1.82, 2.24) is 20.5 Å². The molecule has 3 N–H and O–H groups in total. The first-order chi connectivity index (χ1) is 12.1. The lowest BCUT2D eigenvalue weighted by Gasteiger charge is -2.43. The van der Waals surface area contributed by atoms with Gasteiger partial charge in [0.15, 0.2) is 0 Å². The zero-order valence-corrected chi connectivity index (χ0v) is 14.6. The molecule has 1 fully saturated rings. The lowest BCUT2D eigenvalue weighted by Crippen LogP contribution is -2.50. The minimum absolute atomic E-state index is 0.00737. The molecule has 2 amide bonds. The van der Waals surface area contributed by atoms with Crippen molar-refractivity contribution < 1.29 is 9.59 Å². The fourth-order valence-electron chi connectivity index (χ4n) is 3.99. The quantitative estimate of drug-likeness (QED) is 0.639. The number of carbonyl (C=O) groups is 2. The standard InChI is InChI=1S/C18H26N4O3/c1-12(23)20-7-3-5-17(24)21-11-16-14-8-13(9-19-10-14)15-4-2-6-18(25)22(15)16/h2,4,6,13-14,16,19H,3,5,7-11H2,1H3,(H,20,23)(H,21,24)/t13-,14+,16+/m1/s1. The normalized spacial score (nSPS) is 24.3. The van der Waals surface area contributed by atoms with Crippen LogP contribution in [-0.2, 0) is 9.59 Å². The second-order valence-corrected chi connectivity index (χ2v) is 6.97. The third-order valence-corrected chi connectivity index (χ3v) is 5.16. The zero-order chi connectivity index (χ0) is 17.8. The van der Waals surface area contributed by atoms with E-state index in [9.17, 15) is 14.4 Å². The van der Waals surface area contributed by atoms with Crippen LogP contribution in [0.1, 0.15) is 43.8 Å². The second kappa shape index (κ2) is 7.82. The molecule has 0 spiro atoms. The highest BCUT2D eigenvalue weighted by atomic mass is 16.2. The van der Waals surface area contributed by atoms with Crippen LogP contribution in [0.2, 0.25) is 0 Å². The average molecular weight is 346 g/mol. The fourth-order valence-corrected chi connectivity index (χ4v) is 3.99. The summed E-state index contributed by atoms with van der Waals surface area (Å²) in [6.45, 7) is 4.21. The highest BCUT2D eigenvalue weighted by Gasteiger charge is 2.37. The topological polar surface area (TPSA) is 92.2 Å². The van der Waals surface area contributed by atoms with Crippen LogP contribution in [0.4, 0.5) is 0 Å². The number of rotatable bonds is 6. The van der Waals surface area contributed by atoms with E-state index in [-0.39, 0.29) is 23.4 Å². The summed E-state index contributed by atoms with van der Waals surface area (Å²) in [5.74, 6) is 0.600. The van der Waals surface area contributed by atoms with Crippen molar-refractivity contribution in [1.29, 1.82) is 0 Å². The Labute approximate surface area is 147 Å². The minimum atomic E-state index is -0.0852. The number of carbonyl (C=O) groups excluding carboxylic acids is 2. The van der Waals surface area contributed by atoms with Crippen LogP contribution in [0, 0.1) is 5.92 Å². The van der Waals surface area contributed by atoms with E-state index in [0.29, 0.717) is 37.8 Å². The number of nitrogens with zero attached hydrogens (tertiary/aromatic N) is 1. The third-order valence-electron chi connectivity index (χ3n) is 5.16. The lowest BCUT2D eigenvalue weighted by molar-refractivity contribution is -0.122. The van der Waals surface area contributed by atoms with Crippen molar-refractivity contribution in [2.45, 2.75) is 38.1 Å². The third kappa shape index (κ3) is 4.10.